The van der Waals surface area contributed by atoms with Gasteiger partial charge < -0.3 is 25.6 Å². The first-order valence-electron chi connectivity index (χ1n) is 21.9. The topological polar surface area (TPSA) is 239 Å². The molecule has 3 aliphatic heterocycles. The molecule has 0 aliphatic carbocycles. The summed E-state index contributed by atoms with van der Waals surface area (Å²) in [6.45, 7) is 4.86. The number of rotatable bonds is 14. The van der Waals surface area contributed by atoms with Crippen molar-refractivity contribution in [1.29, 1.82) is 0 Å². The van der Waals surface area contributed by atoms with E-state index in [2.05, 4.69) is 52.6 Å². The Kier molecular flexibility index (Phi) is 15.2. The molecule has 8 rings (SSSR count). The number of ketones is 1. The summed E-state index contributed by atoms with van der Waals surface area (Å²) in [4.78, 5) is 75.0. The number of H-pyrrole nitrogens is 1. The molecule has 2 aromatic carbocycles. The van der Waals surface area contributed by atoms with E-state index in [9.17, 15) is 27.6 Å². The summed E-state index contributed by atoms with van der Waals surface area (Å²) in [5.74, 6) is -2.81. The summed E-state index contributed by atoms with van der Waals surface area (Å²) in [5.41, 5.74) is 2.21. The normalized spacial score (nSPS) is 17.4. The molecule has 18 nitrogen and oxygen atoms in total. The molecular formula is C46H52F2N10O8S. The highest BCUT2D eigenvalue weighted by atomic mass is 32.2. The Labute approximate surface area is 385 Å². The van der Waals surface area contributed by atoms with E-state index in [0.29, 0.717) is 60.6 Å². The fourth-order valence-electron chi connectivity index (χ4n) is 8.49. The van der Waals surface area contributed by atoms with E-state index in [1.165, 1.54) is 18.8 Å². The summed E-state index contributed by atoms with van der Waals surface area (Å²) >= 11 is 0. The molecule has 5 aromatic rings. The molecule has 3 fully saturated rings. The number of piperidine rings is 3. The number of carbonyl (C=O) groups excluding carboxylic acids is 4. The van der Waals surface area contributed by atoms with Crippen LogP contribution in [0.25, 0.3) is 22.2 Å². The lowest BCUT2D eigenvalue weighted by Crippen LogP contribution is -2.48. The molecular weight excluding hydrogens is 891 g/mol. The smallest absolute Gasteiger partial charge is 0.301 e. The van der Waals surface area contributed by atoms with Gasteiger partial charge in [0.05, 0.1) is 17.8 Å². The number of aromatic amines is 1. The number of nitrogens with one attached hydrogen (secondary N) is 5. The maximum atomic E-state index is 15.6. The highest BCUT2D eigenvalue weighted by molar-refractivity contribution is 7.90. The number of benzene rings is 2. The van der Waals surface area contributed by atoms with Crippen molar-refractivity contribution < 1.29 is 46.3 Å². The minimum absolute atomic E-state index is 0.0211. The maximum Gasteiger partial charge on any atom is 0.301 e. The van der Waals surface area contributed by atoms with Crippen molar-refractivity contribution in [2.75, 3.05) is 61.3 Å². The van der Waals surface area contributed by atoms with Crippen LogP contribution in [0.4, 0.5) is 26.0 Å². The quantitative estimate of drug-likeness (QED) is 0.0507. The first-order chi connectivity index (χ1) is 32.2. The van der Waals surface area contributed by atoms with Gasteiger partial charge in [-0.05, 0) is 99.1 Å². The van der Waals surface area contributed by atoms with Gasteiger partial charge in [0, 0.05) is 85.5 Å². The molecule has 21 heteroatoms. The van der Waals surface area contributed by atoms with Crippen molar-refractivity contribution in [3.63, 3.8) is 0 Å². The van der Waals surface area contributed by atoms with Gasteiger partial charge in [0.1, 0.15) is 23.3 Å². The molecule has 1 atom stereocenters. The average Bonchev–Trinajstić information content (AvgIpc) is 3.75. The van der Waals surface area contributed by atoms with E-state index in [1.807, 2.05) is 24.3 Å². The van der Waals surface area contributed by atoms with Crippen LogP contribution in [-0.2, 0) is 29.4 Å². The van der Waals surface area contributed by atoms with E-state index in [4.69, 9.17) is 14.9 Å². The molecule has 3 aromatic heterocycles. The van der Waals surface area contributed by atoms with Crippen LogP contribution in [0.5, 0.6) is 0 Å². The van der Waals surface area contributed by atoms with Crippen LogP contribution >= 0.6 is 0 Å². The van der Waals surface area contributed by atoms with Crippen molar-refractivity contribution in [1.82, 2.24) is 34.8 Å². The van der Waals surface area contributed by atoms with Gasteiger partial charge in [0.15, 0.2) is 5.82 Å². The largest absolute Gasteiger partial charge is 0.483 e. The number of likely N-dealkylation sites (tertiary alicyclic amines) is 1. The molecule has 1 unspecified atom stereocenters. The Bertz CT molecular complexity index is 2720. The van der Waals surface area contributed by atoms with Crippen LogP contribution in [0, 0.1) is 11.6 Å². The van der Waals surface area contributed by atoms with E-state index in [0.717, 1.165) is 66.7 Å². The van der Waals surface area contributed by atoms with Gasteiger partial charge in [-0.3, -0.25) is 38.9 Å². The number of carbonyl (C=O) groups is 5. The molecule has 6 N–H and O–H groups in total. The number of hydrogen-bond donors (Lipinski definition) is 6. The molecule has 354 valence electrons. The predicted octanol–water partition coefficient (Wildman–Crippen LogP) is 4.63. The SMILES string of the molecule is CCN(C)S(=O)(=O)Nc1ccc(F)c(C(=O)c2c[nH]c3ncc(-c4ccc(N5CCC(NC(=O)CN6CCC(c7ccc(NC8CCC(=O)NC8=O)cc7)CC6)CC5)nc4)cc23)c1F.O=CO. The Hall–Kier alpha value is -6.84. The minimum atomic E-state index is -4.14. The first-order valence-corrected chi connectivity index (χ1v) is 23.4. The fraction of sp³-hybridized carbons (Fsp3) is 0.370. The highest BCUT2D eigenvalue weighted by Crippen LogP contribution is 2.32. The Morgan fingerprint density at radius 1 is 0.940 bits per heavy atom. The van der Waals surface area contributed by atoms with Crippen LogP contribution < -0.4 is 25.6 Å². The van der Waals surface area contributed by atoms with Crippen LogP contribution in [-0.4, -0.2) is 126 Å². The number of pyridine rings is 2. The monoisotopic (exact) mass is 942 g/mol. The number of aromatic nitrogens is 3. The van der Waals surface area contributed by atoms with E-state index in [-0.39, 0.29) is 42.3 Å². The van der Waals surface area contributed by atoms with Gasteiger partial charge >= 0.3 is 10.2 Å². The van der Waals surface area contributed by atoms with Gasteiger partial charge in [0.2, 0.25) is 23.5 Å². The minimum Gasteiger partial charge on any atom is -0.483 e. The lowest BCUT2D eigenvalue weighted by Gasteiger charge is -2.35. The molecule has 0 saturated carbocycles. The van der Waals surface area contributed by atoms with Crippen LogP contribution in [0.2, 0.25) is 0 Å². The number of imide groups is 1. The molecule has 0 bridgehead atoms. The Balaban J connectivity index is 0.00000216. The molecule has 3 saturated heterocycles. The number of halogens is 2. The summed E-state index contributed by atoms with van der Waals surface area (Å²) in [5, 5.41) is 16.0. The van der Waals surface area contributed by atoms with Crippen LogP contribution in [0.15, 0.2) is 73.2 Å². The second-order valence-corrected chi connectivity index (χ2v) is 18.4. The van der Waals surface area contributed by atoms with Gasteiger partial charge in [-0.15, -0.1) is 0 Å². The third-order valence-corrected chi connectivity index (χ3v) is 13.9. The van der Waals surface area contributed by atoms with E-state index >= 15 is 8.78 Å². The lowest BCUT2D eigenvalue weighted by molar-refractivity contribution is -0.133. The lowest BCUT2D eigenvalue weighted by atomic mass is 9.89. The zero-order valence-corrected chi connectivity index (χ0v) is 37.7. The number of nitrogens with zero attached hydrogens (tertiary/aromatic N) is 5. The second-order valence-electron chi connectivity index (χ2n) is 16.6. The summed E-state index contributed by atoms with van der Waals surface area (Å²) in [6, 6.07) is 15.0. The number of amides is 3. The third-order valence-electron chi connectivity index (χ3n) is 12.4. The fourth-order valence-corrected chi connectivity index (χ4v) is 9.42. The maximum absolute atomic E-state index is 15.6. The highest BCUT2D eigenvalue weighted by Gasteiger charge is 2.29. The summed E-state index contributed by atoms with van der Waals surface area (Å²) < 4.78 is 58.8. The van der Waals surface area contributed by atoms with Crippen LogP contribution in [0.1, 0.15) is 72.9 Å². The van der Waals surface area contributed by atoms with E-state index < -0.39 is 44.9 Å². The number of carboxylic acid groups (broad SMARTS) is 1. The standard InChI is InChI=1S/C45H50F2N10O6S.CH2O2/c1-3-55(2)64(62,63)54-36-10-9-35(46)41(42(36)47)43(60)34-25-50-44-33(34)22-30(24-49-44)29-6-12-38(48-23-29)57-20-16-32(17-21-57)52-40(59)26-56-18-14-28(15-19-56)27-4-7-31(8-5-27)51-37-11-13-39(58)53-45(37)61;2-1-3/h4-10,12,22-25,28,32,37,51,54H,3,11,13-21,26H2,1-2H3,(H,49,50)(H,52,59)(H,53,58,61);1H,(H,2,3). The molecule has 0 spiro atoms. The van der Waals surface area contributed by atoms with Crippen molar-refractivity contribution in [2.24, 2.45) is 0 Å². The Morgan fingerprint density at radius 3 is 2.30 bits per heavy atom. The zero-order chi connectivity index (χ0) is 47.8. The Morgan fingerprint density at radius 2 is 1.64 bits per heavy atom. The number of fused-ring (bicyclic) bond motifs is 1. The summed E-state index contributed by atoms with van der Waals surface area (Å²) in [6.07, 6.45) is 8.84. The van der Waals surface area contributed by atoms with Gasteiger partial charge in [-0.25, -0.2) is 18.7 Å². The first kappa shape index (κ1) is 48.1. The molecule has 0 radical (unpaired) electrons. The van der Waals surface area contributed by atoms with Gasteiger partial charge in [-0.1, -0.05) is 19.1 Å². The van der Waals surface area contributed by atoms with Crippen LogP contribution in [0.3, 0.4) is 0 Å². The molecule has 3 amide bonds. The van der Waals surface area contributed by atoms with Crippen molar-refractivity contribution in [2.45, 2.75) is 63.5 Å². The van der Waals surface area contributed by atoms with Crippen molar-refractivity contribution in [3.05, 3.63) is 102 Å². The molecule has 3 aliphatic rings. The molecule has 6 heterocycles. The van der Waals surface area contributed by atoms with Gasteiger partial charge in [0.25, 0.3) is 6.47 Å². The second kappa shape index (κ2) is 21.2. The third kappa shape index (κ3) is 11.4. The summed E-state index contributed by atoms with van der Waals surface area (Å²) in [7, 11) is -2.85. The predicted molar refractivity (Wildman–Crippen MR) is 247 cm³/mol. The van der Waals surface area contributed by atoms with Crippen molar-refractivity contribution in [3.8, 4) is 11.1 Å². The average molecular weight is 943 g/mol. The van der Waals surface area contributed by atoms with E-state index in [1.54, 1.807) is 25.4 Å². The number of hydrogen-bond acceptors (Lipinski definition) is 12. The number of anilines is 3. The van der Waals surface area contributed by atoms with Crippen molar-refractivity contribution >= 4 is 68.4 Å². The van der Waals surface area contributed by atoms with Gasteiger partial charge in [-0.2, -0.15) is 12.7 Å². The molecule has 67 heavy (non-hydrogen) atoms. The zero-order valence-electron chi connectivity index (χ0n) is 36.9.